The van der Waals surface area contributed by atoms with Crippen LogP contribution in [-0.4, -0.2) is 63.0 Å². The van der Waals surface area contributed by atoms with Crippen LogP contribution in [0.1, 0.15) is 19.3 Å². The third-order valence-corrected chi connectivity index (χ3v) is 6.04. The Kier molecular flexibility index (Phi) is 6.97. The molecule has 1 aliphatic heterocycles. The normalized spacial score (nSPS) is 15.6. The van der Waals surface area contributed by atoms with Crippen molar-refractivity contribution in [1.82, 2.24) is 14.5 Å². The van der Waals surface area contributed by atoms with Crippen LogP contribution in [0.25, 0.3) is 0 Å². The average molecular weight is 371 g/mol. The Labute approximate surface area is 150 Å². The summed E-state index contributed by atoms with van der Waals surface area (Å²) >= 11 is 5.25. The van der Waals surface area contributed by atoms with Gasteiger partial charge >= 0.3 is 0 Å². The number of hydrogen-bond donors (Lipinski definition) is 2. The molecule has 6 nitrogen and oxygen atoms in total. The minimum absolute atomic E-state index is 0.333. The molecular weight excluding hydrogens is 344 g/mol. The lowest BCUT2D eigenvalue weighted by Gasteiger charge is -2.16. The number of thiocarbonyl (C=S) groups is 1. The first-order valence-electron chi connectivity index (χ1n) is 8.19. The first-order chi connectivity index (χ1) is 11.4. The predicted molar refractivity (Wildman–Crippen MR) is 102 cm³/mol. The van der Waals surface area contributed by atoms with Gasteiger partial charge < -0.3 is 15.5 Å². The van der Waals surface area contributed by atoms with Crippen LogP contribution < -0.4 is 10.6 Å². The van der Waals surface area contributed by atoms with Crippen molar-refractivity contribution in [3.63, 3.8) is 0 Å². The summed E-state index contributed by atoms with van der Waals surface area (Å²) in [4.78, 5) is 2.46. The van der Waals surface area contributed by atoms with E-state index in [0.717, 1.165) is 38.0 Å². The largest absolute Gasteiger partial charge is 0.362 e. The van der Waals surface area contributed by atoms with Gasteiger partial charge in [-0.25, -0.2) is 8.42 Å². The summed E-state index contributed by atoms with van der Waals surface area (Å²) in [5.41, 5.74) is 0.778. The summed E-state index contributed by atoms with van der Waals surface area (Å²) in [6, 6.07) is 6.75. The monoisotopic (exact) mass is 370 g/mol. The van der Waals surface area contributed by atoms with Gasteiger partial charge in [-0.2, -0.15) is 4.31 Å². The molecule has 0 amide bonds. The third kappa shape index (κ3) is 5.41. The van der Waals surface area contributed by atoms with E-state index in [9.17, 15) is 8.42 Å². The number of sulfonamides is 1. The van der Waals surface area contributed by atoms with Crippen molar-refractivity contribution in [3.05, 3.63) is 24.3 Å². The van der Waals surface area contributed by atoms with Crippen molar-refractivity contribution in [2.75, 3.05) is 45.6 Å². The van der Waals surface area contributed by atoms with Gasteiger partial charge in [-0.3, -0.25) is 0 Å². The molecule has 0 atom stereocenters. The molecule has 0 spiro atoms. The maximum absolute atomic E-state index is 12.5. The van der Waals surface area contributed by atoms with E-state index >= 15 is 0 Å². The Hall–Kier alpha value is -1.22. The fourth-order valence-corrected chi connectivity index (χ4v) is 4.30. The minimum Gasteiger partial charge on any atom is -0.362 e. The zero-order valence-corrected chi connectivity index (χ0v) is 15.9. The van der Waals surface area contributed by atoms with E-state index in [1.165, 1.54) is 0 Å². The Morgan fingerprint density at radius 1 is 1.21 bits per heavy atom. The van der Waals surface area contributed by atoms with E-state index in [1.807, 2.05) is 14.1 Å². The smallest absolute Gasteiger partial charge is 0.243 e. The summed E-state index contributed by atoms with van der Waals surface area (Å²) in [7, 11) is 0.715. The van der Waals surface area contributed by atoms with Crippen molar-refractivity contribution >= 4 is 33.0 Å². The Morgan fingerprint density at radius 2 is 1.83 bits per heavy atom. The molecule has 1 heterocycles. The highest BCUT2D eigenvalue weighted by molar-refractivity contribution is 7.89. The molecule has 0 aromatic heterocycles. The van der Waals surface area contributed by atoms with Crippen LogP contribution >= 0.6 is 12.2 Å². The number of nitrogens with one attached hydrogen (secondary N) is 2. The summed E-state index contributed by atoms with van der Waals surface area (Å²) in [6.07, 6.45) is 2.88. The van der Waals surface area contributed by atoms with Crippen molar-refractivity contribution in [2.24, 2.45) is 0 Å². The summed E-state index contributed by atoms with van der Waals surface area (Å²) in [6.45, 7) is 3.02. The highest BCUT2D eigenvalue weighted by Gasteiger charge is 2.26. The van der Waals surface area contributed by atoms with Gasteiger partial charge in [0.2, 0.25) is 10.0 Å². The second kappa shape index (κ2) is 8.75. The van der Waals surface area contributed by atoms with Crippen LogP contribution in [0.15, 0.2) is 29.2 Å². The van der Waals surface area contributed by atoms with E-state index in [0.29, 0.717) is 23.1 Å². The molecule has 0 unspecified atom stereocenters. The van der Waals surface area contributed by atoms with Crippen LogP contribution in [-0.2, 0) is 10.0 Å². The molecule has 1 aliphatic rings. The van der Waals surface area contributed by atoms with Crippen LogP contribution in [0.2, 0.25) is 0 Å². The molecule has 24 heavy (non-hydrogen) atoms. The third-order valence-electron chi connectivity index (χ3n) is 3.88. The van der Waals surface area contributed by atoms with E-state index in [1.54, 1.807) is 28.6 Å². The maximum Gasteiger partial charge on any atom is 0.243 e. The number of rotatable bonds is 7. The van der Waals surface area contributed by atoms with E-state index in [-0.39, 0.29) is 0 Å². The molecular formula is C16H26N4O2S2. The number of anilines is 1. The lowest BCUT2D eigenvalue weighted by atomic mass is 10.3. The molecule has 1 aromatic rings. The maximum atomic E-state index is 12.5. The fraction of sp³-hybridized carbons (Fsp3) is 0.562. The first kappa shape index (κ1) is 19.1. The second-order valence-corrected chi connectivity index (χ2v) is 8.52. The lowest BCUT2D eigenvalue weighted by Crippen LogP contribution is -2.31. The molecule has 1 aromatic carbocycles. The van der Waals surface area contributed by atoms with Gasteiger partial charge in [-0.05, 0) is 76.4 Å². The van der Waals surface area contributed by atoms with E-state index in [2.05, 4.69) is 15.5 Å². The summed E-state index contributed by atoms with van der Waals surface area (Å²) in [5, 5.41) is 6.77. The molecule has 1 fully saturated rings. The van der Waals surface area contributed by atoms with Crippen molar-refractivity contribution in [1.29, 1.82) is 0 Å². The van der Waals surface area contributed by atoms with Gasteiger partial charge in [-0.1, -0.05) is 0 Å². The number of hydrogen-bond acceptors (Lipinski definition) is 4. The molecule has 0 bridgehead atoms. The SMILES string of the molecule is CN(C)CCCNC(=S)Nc1ccc(S(=O)(=O)N2CCCC2)cc1. The van der Waals surface area contributed by atoms with Crippen LogP contribution in [0.4, 0.5) is 5.69 Å². The number of benzene rings is 1. The predicted octanol–water partition coefficient (Wildman–Crippen LogP) is 1.71. The first-order valence-corrected chi connectivity index (χ1v) is 10.0. The van der Waals surface area contributed by atoms with E-state index < -0.39 is 10.0 Å². The average Bonchev–Trinajstić information content (AvgIpc) is 3.07. The molecule has 134 valence electrons. The highest BCUT2D eigenvalue weighted by Crippen LogP contribution is 2.22. The molecule has 2 rings (SSSR count). The van der Waals surface area contributed by atoms with Gasteiger partial charge in [-0.15, -0.1) is 0 Å². The molecule has 0 radical (unpaired) electrons. The topological polar surface area (TPSA) is 64.7 Å². The molecule has 0 aliphatic carbocycles. The standard InChI is InChI=1S/C16H26N4O2S2/c1-19(2)11-5-10-17-16(23)18-14-6-8-15(9-7-14)24(21,22)20-12-3-4-13-20/h6-9H,3-5,10-13H2,1-2H3,(H2,17,18,23). The highest BCUT2D eigenvalue weighted by atomic mass is 32.2. The number of nitrogens with zero attached hydrogens (tertiary/aromatic N) is 2. The second-order valence-electron chi connectivity index (χ2n) is 6.17. The lowest BCUT2D eigenvalue weighted by molar-refractivity contribution is 0.400. The van der Waals surface area contributed by atoms with Crippen LogP contribution in [0, 0.1) is 0 Å². The summed E-state index contributed by atoms with van der Waals surface area (Å²) < 4.78 is 26.5. The van der Waals surface area contributed by atoms with Gasteiger partial charge in [0.05, 0.1) is 4.90 Å². The van der Waals surface area contributed by atoms with Crippen LogP contribution in [0.3, 0.4) is 0 Å². The minimum atomic E-state index is -3.36. The molecule has 1 saturated heterocycles. The fourth-order valence-electron chi connectivity index (χ4n) is 2.56. The zero-order chi connectivity index (χ0) is 17.6. The Balaban J connectivity index is 1.86. The Morgan fingerprint density at radius 3 is 2.42 bits per heavy atom. The van der Waals surface area contributed by atoms with Gasteiger partial charge in [0, 0.05) is 25.3 Å². The summed E-state index contributed by atoms with van der Waals surface area (Å²) in [5.74, 6) is 0. The van der Waals surface area contributed by atoms with Crippen molar-refractivity contribution < 1.29 is 8.42 Å². The quantitative estimate of drug-likeness (QED) is 0.563. The van der Waals surface area contributed by atoms with Gasteiger partial charge in [0.1, 0.15) is 0 Å². The molecule has 0 saturated carbocycles. The molecule has 8 heteroatoms. The van der Waals surface area contributed by atoms with E-state index in [4.69, 9.17) is 12.2 Å². The van der Waals surface area contributed by atoms with Gasteiger partial charge in [0.25, 0.3) is 0 Å². The zero-order valence-electron chi connectivity index (χ0n) is 14.3. The molecule has 2 N–H and O–H groups in total. The Bertz CT molecular complexity index is 639. The van der Waals surface area contributed by atoms with Crippen molar-refractivity contribution in [2.45, 2.75) is 24.2 Å². The van der Waals surface area contributed by atoms with Crippen LogP contribution in [0.5, 0.6) is 0 Å². The van der Waals surface area contributed by atoms with Crippen molar-refractivity contribution in [3.8, 4) is 0 Å². The van der Waals surface area contributed by atoms with Gasteiger partial charge in [0.15, 0.2) is 5.11 Å².